The number of hydrogen-bond acceptors (Lipinski definition) is 2. The highest BCUT2D eigenvalue weighted by Crippen LogP contribution is 2.29. The highest BCUT2D eigenvalue weighted by atomic mass is 19.4. The van der Waals surface area contributed by atoms with E-state index in [1.807, 2.05) is 0 Å². The summed E-state index contributed by atoms with van der Waals surface area (Å²) in [4.78, 5) is 5.48. The molecule has 1 aliphatic rings. The molecule has 1 fully saturated rings. The maximum absolute atomic E-state index is 12.8. The van der Waals surface area contributed by atoms with Gasteiger partial charge in [-0.3, -0.25) is 9.89 Å². The van der Waals surface area contributed by atoms with Crippen LogP contribution in [0.4, 0.5) is 26.3 Å². The number of likely N-dealkylation sites (tertiary alicyclic amines) is 1. The van der Waals surface area contributed by atoms with E-state index in [1.165, 1.54) is 11.0 Å². The maximum Gasteiger partial charge on any atom is 0.416 e. The van der Waals surface area contributed by atoms with E-state index in [4.69, 9.17) is 0 Å². The Morgan fingerprint density at radius 2 is 1.79 bits per heavy atom. The molecule has 4 nitrogen and oxygen atoms in total. The topological polar surface area (TPSA) is 39.7 Å². The Kier molecular flexibility index (Phi) is 8.18. The van der Waals surface area contributed by atoms with Crippen molar-refractivity contribution in [2.24, 2.45) is 10.9 Å². The van der Waals surface area contributed by atoms with E-state index < -0.39 is 24.5 Å². The third kappa shape index (κ3) is 8.51. The molecule has 0 saturated carbocycles. The van der Waals surface area contributed by atoms with Crippen LogP contribution in [0.1, 0.15) is 30.4 Å². The van der Waals surface area contributed by atoms with Gasteiger partial charge in [-0.05, 0) is 56.0 Å². The van der Waals surface area contributed by atoms with Gasteiger partial charge >= 0.3 is 12.4 Å². The zero-order valence-electron chi connectivity index (χ0n) is 16.2. The lowest BCUT2D eigenvalue weighted by Gasteiger charge is -2.32. The first-order valence-electron chi connectivity index (χ1n) is 9.46. The monoisotopic (exact) mass is 424 g/mol. The van der Waals surface area contributed by atoms with Crippen molar-refractivity contribution < 1.29 is 26.3 Å². The molecule has 2 N–H and O–H groups in total. The maximum atomic E-state index is 12.8. The van der Waals surface area contributed by atoms with Crippen molar-refractivity contribution in [3.8, 4) is 0 Å². The molecule has 1 aliphatic heterocycles. The van der Waals surface area contributed by atoms with Crippen LogP contribution in [0.3, 0.4) is 0 Å². The molecule has 2 rings (SSSR count). The molecule has 0 unspecified atom stereocenters. The SMILES string of the molecule is CN=C(NCCC1CCN(CC(F)(F)F)CC1)NCc1cccc(C(F)(F)F)c1. The van der Waals surface area contributed by atoms with Crippen molar-refractivity contribution >= 4 is 5.96 Å². The van der Waals surface area contributed by atoms with Gasteiger partial charge in [-0.1, -0.05) is 12.1 Å². The van der Waals surface area contributed by atoms with Gasteiger partial charge in [-0.2, -0.15) is 26.3 Å². The Bertz CT molecular complexity index is 663. The van der Waals surface area contributed by atoms with Crippen LogP contribution < -0.4 is 10.6 Å². The zero-order chi connectivity index (χ0) is 21.5. The lowest BCUT2D eigenvalue weighted by Crippen LogP contribution is -2.41. The molecule has 0 radical (unpaired) electrons. The van der Waals surface area contributed by atoms with Crippen molar-refractivity contribution in [3.05, 3.63) is 35.4 Å². The van der Waals surface area contributed by atoms with Crippen LogP contribution in [0.15, 0.2) is 29.3 Å². The van der Waals surface area contributed by atoms with Crippen molar-refractivity contribution in [2.75, 3.05) is 33.2 Å². The summed E-state index contributed by atoms with van der Waals surface area (Å²) in [5.41, 5.74) is -0.212. The summed E-state index contributed by atoms with van der Waals surface area (Å²) in [7, 11) is 1.57. The van der Waals surface area contributed by atoms with Gasteiger partial charge in [0.1, 0.15) is 0 Å². The number of piperidine rings is 1. The van der Waals surface area contributed by atoms with Crippen molar-refractivity contribution in [1.29, 1.82) is 0 Å². The normalized spacial score (nSPS) is 17.4. The second-order valence-corrected chi connectivity index (χ2v) is 7.17. The Hall–Kier alpha value is -1.97. The Morgan fingerprint density at radius 3 is 2.38 bits per heavy atom. The molecule has 10 heteroatoms. The first kappa shape index (κ1) is 23.3. The van der Waals surface area contributed by atoms with Gasteiger partial charge in [0, 0.05) is 20.1 Å². The van der Waals surface area contributed by atoms with Gasteiger partial charge in [0.05, 0.1) is 12.1 Å². The number of halogens is 6. The number of benzene rings is 1. The summed E-state index contributed by atoms with van der Waals surface area (Å²) in [6, 6.07) is 5.08. The molecule has 164 valence electrons. The number of rotatable bonds is 6. The smallest absolute Gasteiger partial charge is 0.356 e. The number of alkyl halides is 6. The van der Waals surface area contributed by atoms with E-state index in [1.54, 1.807) is 13.1 Å². The van der Waals surface area contributed by atoms with Gasteiger partial charge in [0.2, 0.25) is 0 Å². The van der Waals surface area contributed by atoms with Crippen LogP contribution in [0.2, 0.25) is 0 Å². The molecule has 0 spiro atoms. The third-order valence-electron chi connectivity index (χ3n) is 4.89. The average molecular weight is 424 g/mol. The second kappa shape index (κ2) is 10.2. The van der Waals surface area contributed by atoms with E-state index >= 15 is 0 Å². The Labute approximate surface area is 166 Å². The molecule has 0 atom stereocenters. The van der Waals surface area contributed by atoms with Gasteiger partial charge in [-0.25, -0.2) is 0 Å². The predicted octanol–water partition coefficient (Wildman–Crippen LogP) is 4.03. The van der Waals surface area contributed by atoms with Gasteiger partial charge < -0.3 is 10.6 Å². The molecular weight excluding hydrogens is 398 g/mol. The molecule has 0 aromatic heterocycles. The lowest BCUT2D eigenvalue weighted by molar-refractivity contribution is -0.148. The number of aliphatic imine (C=N–C) groups is 1. The van der Waals surface area contributed by atoms with E-state index in [-0.39, 0.29) is 6.54 Å². The van der Waals surface area contributed by atoms with Gasteiger partial charge in [0.25, 0.3) is 0 Å². The second-order valence-electron chi connectivity index (χ2n) is 7.17. The van der Waals surface area contributed by atoms with Crippen molar-refractivity contribution in [1.82, 2.24) is 15.5 Å². The van der Waals surface area contributed by atoms with Crippen LogP contribution >= 0.6 is 0 Å². The molecule has 29 heavy (non-hydrogen) atoms. The fourth-order valence-electron chi connectivity index (χ4n) is 3.35. The molecule has 1 aromatic rings. The summed E-state index contributed by atoms with van der Waals surface area (Å²) in [5.74, 6) is 0.811. The average Bonchev–Trinajstić information content (AvgIpc) is 2.64. The lowest BCUT2D eigenvalue weighted by atomic mass is 9.93. The summed E-state index contributed by atoms with van der Waals surface area (Å²) in [6.07, 6.45) is -6.32. The molecule has 0 bridgehead atoms. The molecular formula is C19H26F6N4. The van der Waals surface area contributed by atoms with Crippen LogP contribution in [0, 0.1) is 5.92 Å². The van der Waals surface area contributed by atoms with Crippen LogP contribution in [0.25, 0.3) is 0 Å². The van der Waals surface area contributed by atoms with Crippen molar-refractivity contribution in [2.45, 2.75) is 38.2 Å². The summed E-state index contributed by atoms with van der Waals surface area (Å²) < 4.78 is 75.5. The quantitative estimate of drug-likeness (QED) is 0.412. The summed E-state index contributed by atoms with van der Waals surface area (Å²) in [5, 5.41) is 6.08. The molecule has 0 amide bonds. The zero-order valence-corrected chi connectivity index (χ0v) is 16.2. The van der Waals surface area contributed by atoms with Crippen LogP contribution in [-0.2, 0) is 12.7 Å². The fraction of sp³-hybridized carbons (Fsp3) is 0.632. The standard InChI is InChI=1S/C19H26F6N4/c1-26-17(28-12-15-3-2-4-16(11-15)19(23,24)25)27-8-5-14-6-9-29(10-7-14)13-18(20,21)22/h2-4,11,14H,5-10,12-13H2,1H3,(H2,26,27,28). The number of guanidine groups is 1. The largest absolute Gasteiger partial charge is 0.416 e. The first-order valence-corrected chi connectivity index (χ1v) is 9.46. The third-order valence-corrected chi connectivity index (χ3v) is 4.89. The Balaban J connectivity index is 1.70. The number of nitrogens with zero attached hydrogens (tertiary/aromatic N) is 2. The fourth-order valence-corrected chi connectivity index (χ4v) is 3.35. The summed E-state index contributed by atoms with van der Waals surface area (Å²) in [6.45, 7) is 0.801. The minimum Gasteiger partial charge on any atom is -0.356 e. The highest BCUT2D eigenvalue weighted by Gasteiger charge is 2.32. The molecule has 0 aliphatic carbocycles. The molecule has 1 heterocycles. The predicted molar refractivity (Wildman–Crippen MR) is 99.5 cm³/mol. The van der Waals surface area contributed by atoms with E-state index in [2.05, 4.69) is 15.6 Å². The first-order chi connectivity index (χ1) is 13.6. The minimum absolute atomic E-state index is 0.194. The molecule has 1 aromatic carbocycles. The minimum atomic E-state index is -4.38. The van der Waals surface area contributed by atoms with Gasteiger partial charge in [0.15, 0.2) is 5.96 Å². The van der Waals surface area contributed by atoms with E-state index in [9.17, 15) is 26.3 Å². The summed E-state index contributed by atoms with van der Waals surface area (Å²) >= 11 is 0. The van der Waals surface area contributed by atoms with Crippen LogP contribution in [-0.4, -0.2) is 50.3 Å². The van der Waals surface area contributed by atoms with Gasteiger partial charge in [-0.15, -0.1) is 0 Å². The highest BCUT2D eigenvalue weighted by molar-refractivity contribution is 5.79. The Morgan fingerprint density at radius 1 is 1.10 bits per heavy atom. The van der Waals surface area contributed by atoms with Crippen molar-refractivity contribution in [3.63, 3.8) is 0 Å². The van der Waals surface area contributed by atoms with E-state index in [0.29, 0.717) is 49.9 Å². The number of nitrogens with one attached hydrogen (secondary N) is 2. The van der Waals surface area contributed by atoms with Crippen LogP contribution in [0.5, 0.6) is 0 Å². The van der Waals surface area contributed by atoms with E-state index in [0.717, 1.165) is 18.6 Å². The number of hydrogen-bond donors (Lipinski definition) is 2. The molecule has 1 saturated heterocycles.